The van der Waals surface area contributed by atoms with Gasteiger partial charge in [0.1, 0.15) is 0 Å². The highest BCUT2D eigenvalue weighted by Crippen LogP contribution is 2.66. The Hall–Kier alpha value is -0.600. The Morgan fingerprint density at radius 2 is 1.73 bits per heavy atom. The van der Waals surface area contributed by atoms with Crippen LogP contribution in [0, 0.1) is 34.0 Å². The second-order valence-electron chi connectivity index (χ2n) is 11.0. The predicted molar refractivity (Wildman–Crippen MR) is 107 cm³/mol. The highest BCUT2D eigenvalue weighted by molar-refractivity contribution is 5.50. The lowest BCUT2D eigenvalue weighted by molar-refractivity contribution is -0.151. The van der Waals surface area contributed by atoms with Crippen LogP contribution in [0.25, 0.3) is 0 Å². The molecule has 4 rings (SSSR count). The minimum atomic E-state index is -0.423. The highest BCUT2D eigenvalue weighted by atomic mass is 16.3. The quantitative estimate of drug-likeness (QED) is 0.672. The van der Waals surface area contributed by atoms with Gasteiger partial charge in [0.05, 0.1) is 12.2 Å². The van der Waals surface area contributed by atoms with Gasteiger partial charge in [0.2, 0.25) is 0 Å². The molecule has 0 aromatic heterocycles. The molecule has 4 aliphatic carbocycles. The number of allylic oxidation sites excluding steroid dienone is 3. The summed E-state index contributed by atoms with van der Waals surface area (Å²) in [4.78, 5) is 0. The zero-order valence-corrected chi connectivity index (χ0v) is 17.6. The second-order valence-corrected chi connectivity index (χ2v) is 11.0. The first-order valence-corrected chi connectivity index (χ1v) is 10.8. The monoisotopic (exact) mass is 358 g/mol. The van der Waals surface area contributed by atoms with Crippen molar-refractivity contribution in [2.75, 3.05) is 0 Å². The van der Waals surface area contributed by atoms with Crippen molar-refractivity contribution in [2.24, 2.45) is 34.0 Å². The zero-order valence-electron chi connectivity index (χ0n) is 17.6. The Morgan fingerprint density at radius 1 is 1.04 bits per heavy atom. The van der Waals surface area contributed by atoms with Gasteiger partial charge in [0, 0.05) is 11.8 Å². The second kappa shape index (κ2) is 5.70. The molecular weight excluding hydrogens is 320 g/mol. The molecule has 0 aliphatic heterocycles. The zero-order chi connectivity index (χ0) is 19.1. The topological polar surface area (TPSA) is 40.5 Å². The molecule has 2 heteroatoms. The summed E-state index contributed by atoms with van der Waals surface area (Å²) in [5.41, 5.74) is 4.77. The van der Waals surface area contributed by atoms with E-state index in [0.29, 0.717) is 17.8 Å². The number of hydrogen-bond donors (Lipinski definition) is 2. The van der Waals surface area contributed by atoms with E-state index in [0.717, 1.165) is 31.1 Å². The molecule has 0 heterocycles. The van der Waals surface area contributed by atoms with Gasteiger partial charge in [-0.05, 0) is 71.8 Å². The van der Waals surface area contributed by atoms with Crippen molar-refractivity contribution in [3.05, 3.63) is 22.8 Å². The van der Waals surface area contributed by atoms with Crippen LogP contribution in [0.1, 0.15) is 80.1 Å². The van der Waals surface area contributed by atoms with E-state index in [1.807, 2.05) is 0 Å². The van der Waals surface area contributed by atoms with Crippen LogP contribution in [0.5, 0.6) is 0 Å². The maximum absolute atomic E-state index is 11.1. The van der Waals surface area contributed by atoms with Crippen LogP contribution in [0.15, 0.2) is 22.8 Å². The van der Waals surface area contributed by atoms with Crippen LogP contribution < -0.4 is 0 Å². The molecule has 2 N–H and O–H groups in total. The summed E-state index contributed by atoms with van der Waals surface area (Å²) in [6, 6.07) is 0. The van der Waals surface area contributed by atoms with Gasteiger partial charge in [-0.2, -0.15) is 0 Å². The summed E-state index contributed by atoms with van der Waals surface area (Å²) in [5, 5.41) is 21.8. The van der Waals surface area contributed by atoms with Crippen molar-refractivity contribution < 1.29 is 10.2 Å². The number of aliphatic hydroxyl groups is 2. The first-order valence-electron chi connectivity index (χ1n) is 10.8. The third-order valence-electron chi connectivity index (χ3n) is 9.35. The fraction of sp³-hybridized carbons (Fsp3) is 0.833. The molecule has 26 heavy (non-hydrogen) atoms. The van der Waals surface area contributed by atoms with E-state index in [-0.39, 0.29) is 10.8 Å². The molecule has 0 aromatic carbocycles. The van der Waals surface area contributed by atoms with E-state index >= 15 is 0 Å². The van der Waals surface area contributed by atoms with Crippen molar-refractivity contribution in [3.63, 3.8) is 0 Å². The van der Waals surface area contributed by atoms with E-state index < -0.39 is 12.2 Å². The standard InChI is InChI=1S/C24H38O2/c1-14(2)16-8-9-17-15-7-10-19-22(3,4)20(25)13-21(26)24(19,6)18(15)11-12-23(16,17)5/h9,14,16,19-21,25-26H,7-8,10-13H2,1-6H3/t16-,19?,20+,21?,23-,24-/m1/s1. The maximum atomic E-state index is 11.1. The third kappa shape index (κ3) is 2.18. The van der Waals surface area contributed by atoms with Gasteiger partial charge in [0.25, 0.3) is 0 Å². The molecular formula is C24H38O2. The first kappa shape index (κ1) is 18.7. The van der Waals surface area contributed by atoms with Crippen LogP contribution >= 0.6 is 0 Å². The molecule has 146 valence electrons. The van der Waals surface area contributed by atoms with Gasteiger partial charge < -0.3 is 10.2 Å². The van der Waals surface area contributed by atoms with Crippen LogP contribution in [-0.2, 0) is 0 Å². The lowest BCUT2D eigenvalue weighted by Crippen LogP contribution is -2.59. The van der Waals surface area contributed by atoms with Crippen LogP contribution in [-0.4, -0.2) is 22.4 Å². The van der Waals surface area contributed by atoms with Crippen LogP contribution in [0.4, 0.5) is 0 Å². The van der Waals surface area contributed by atoms with Gasteiger partial charge in [0.15, 0.2) is 0 Å². The van der Waals surface area contributed by atoms with Crippen molar-refractivity contribution in [1.82, 2.24) is 0 Å². The Morgan fingerprint density at radius 3 is 2.38 bits per heavy atom. The molecule has 6 atom stereocenters. The Bertz CT molecular complexity index is 670. The number of rotatable bonds is 1. The average Bonchev–Trinajstić information content (AvgIpc) is 2.91. The van der Waals surface area contributed by atoms with Crippen molar-refractivity contribution >= 4 is 0 Å². The smallest absolute Gasteiger partial charge is 0.0658 e. The lowest BCUT2D eigenvalue weighted by atomic mass is 9.45. The molecule has 0 radical (unpaired) electrons. The largest absolute Gasteiger partial charge is 0.392 e. The third-order valence-corrected chi connectivity index (χ3v) is 9.35. The van der Waals surface area contributed by atoms with Gasteiger partial charge in [-0.3, -0.25) is 0 Å². The predicted octanol–water partition coefficient (Wildman–Crippen LogP) is 5.25. The van der Waals surface area contributed by atoms with E-state index in [1.165, 1.54) is 18.4 Å². The highest BCUT2D eigenvalue weighted by Gasteiger charge is 2.60. The van der Waals surface area contributed by atoms with Crippen molar-refractivity contribution in [3.8, 4) is 0 Å². The molecule has 0 amide bonds. The summed E-state index contributed by atoms with van der Waals surface area (Å²) in [5.74, 6) is 1.84. The van der Waals surface area contributed by atoms with Crippen molar-refractivity contribution in [2.45, 2.75) is 92.3 Å². The summed E-state index contributed by atoms with van der Waals surface area (Å²) in [6.45, 7) is 14.0. The van der Waals surface area contributed by atoms with E-state index in [9.17, 15) is 10.2 Å². The van der Waals surface area contributed by atoms with Gasteiger partial charge >= 0.3 is 0 Å². The maximum Gasteiger partial charge on any atom is 0.0658 e. The molecule has 1 fully saturated rings. The summed E-state index contributed by atoms with van der Waals surface area (Å²) < 4.78 is 0. The molecule has 2 nitrogen and oxygen atoms in total. The fourth-order valence-corrected chi connectivity index (χ4v) is 7.68. The van der Waals surface area contributed by atoms with Gasteiger partial charge in [-0.1, -0.05) is 53.2 Å². The van der Waals surface area contributed by atoms with Gasteiger partial charge in [-0.15, -0.1) is 0 Å². The summed E-state index contributed by atoms with van der Waals surface area (Å²) in [6.07, 6.45) is 8.02. The van der Waals surface area contributed by atoms with E-state index in [2.05, 4.69) is 47.6 Å². The molecule has 4 aliphatic rings. The number of hydrogen-bond acceptors (Lipinski definition) is 2. The Labute approximate surface area is 159 Å². The van der Waals surface area contributed by atoms with E-state index in [1.54, 1.807) is 11.1 Å². The first-order chi connectivity index (χ1) is 12.0. The Kier molecular flexibility index (Phi) is 4.11. The van der Waals surface area contributed by atoms with Crippen LogP contribution in [0.2, 0.25) is 0 Å². The molecule has 1 saturated carbocycles. The number of aliphatic hydroxyl groups excluding tert-OH is 2. The average molecular weight is 359 g/mol. The van der Waals surface area contributed by atoms with Crippen LogP contribution in [0.3, 0.4) is 0 Å². The minimum Gasteiger partial charge on any atom is -0.392 e. The lowest BCUT2D eigenvalue weighted by Gasteiger charge is -2.60. The van der Waals surface area contributed by atoms with Gasteiger partial charge in [-0.25, -0.2) is 0 Å². The fourth-order valence-electron chi connectivity index (χ4n) is 7.68. The molecule has 0 spiro atoms. The van der Waals surface area contributed by atoms with E-state index in [4.69, 9.17) is 0 Å². The molecule has 0 saturated heterocycles. The molecule has 0 aromatic rings. The normalized spacial score (nSPS) is 47.3. The van der Waals surface area contributed by atoms with Crippen molar-refractivity contribution in [1.29, 1.82) is 0 Å². The molecule has 0 bridgehead atoms. The number of fused-ring (bicyclic) bond motifs is 4. The SMILES string of the molecule is CC(C)[C@H]1CC=C2C3=C(CC[C@@]21C)[C@@]1(C)C(O)C[C@H](O)C(C)(C)C1CC3. The summed E-state index contributed by atoms with van der Waals surface area (Å²) in [7, 11) is 0. The summed E-state index contributed by atoms with van der Waals surface area (Å²) >= 11 is 0. The minimum absolute atomic E-state index is 0.127. The Balaban J connectivity index is 1.80. The molecule has 2 unspecified atom stereocenters.